The lowest BCUT2D eigenvalue weighted by Crippen LogP contribution is -2.33. The highest BCUT2D eigenvalue weighted by molar-refractivity contribution is 6.32. The molecule has 0 amide bonds. The van der Waals surface area contributed by atoms with Crippen LogP contribution in [0.1, 0.15) is 63.7 Å². The number of ether oxygens (including phenoxy) is 6. The minimum Gasteiger partial charge on any atom is -0.456 e. The van der Waals surface area contributed by atoms with Gasteiger partial charge in [-0.15, -0.1) is 0 Å². The van der Waals surface area contributed by atoms with Gasteiger partial charge in [-0.3, -0.25) is 14.4 Å². The van der Waals surface area contributed by atoms with E-state index in [-0.39, 0.29) is 39.1 Å². The minimum absolute atomic E-state index is 0.000799. The van der Waals surface area contributed by atoms with Crippen LogP contribution >= 0.6 is 11.6 Å². The Labute approximate surface area is 318 Å². The van der Waals surface area contributed by atoms with Gasteiger partial charge in [0, 0.05) is 60.7 Å². The van der Waals surface area contributed by atoms with Crippen molar-refractivity contribution in [2.24, 2.45) is 0 Å². The molecule has 274 valence electrons. The molecule has 2 aliphatic heterocycles. The molecule has 11 nitrogen and oxygen atoms in total. The van der Waals surface area contributed by atoms with Crippen LogP contribution in [0.5, 0.6) is 23.0 Å². The van der Waals surface area contributed by atoms with E-state index in [0.29, 0.717) is 22.3 Å². The normalized spacial score (nSPS) is 15.0. The summed E-state index contributed by atoms with van der Waals surface area (Å²) in [5, 5.41) is 3.76. The van der Waals surface area contributed by atoms with E-state index in [4.69, 9.17) is 40.0 Å². The highest BCUT2D eigenvalue weighted by atomic mass is 35.5. The lowest BCUT2D eigenvalue weighted by Gasteiger charge is -2.37. The number of fused-ring (bicyclic) bond motifs is 8. The lowest BCUT2D eigenvalue weighted by atomic mass is 9.76. The molecule has 0 saturated heterocycles. The van der Waals surface area contributed by atoms with Crippen molar-refractivity contribution in [3.8, 4) is 34.1 Å². The Morgan fingerprint density at radius 2 is 1.24 bits per heavy atom. The maximum absolute atomic E-state index is 14.0. The van der Waals surface area contributed by atoms with Crippen molar-refractivity contribution < 1.29 is 52.4 Å². The Morgan fingerprint density at radius 3 is 1.85 bits per heavy atom. The fourth-order valence-electron chi connectivity index (χ4n) is 7.43. The molecule has 0 fully saturated rings. The van der Waals surface area contributed by atoms with Crippen LogP contribution in [0.3, 0.4) is 0 Å². The predicted octanol–water partition coefficient (Wildman–Crippen LogP) is 8.72. The maximum Gasteiger partial charge on any atom is 0.341 e. The molecule has 1 atom stereocenters. The number of halogens is 1. The Hall–Kier alpha value is -6.72. The Morgan fingerprint density at radius 1 is 0.655 bits per heavy atom. The zero-order valence-electron chi connectivity index (χ0n) is 29.7. The molecule has 0 radical (unpaired) electrons. The summed E-state index contributed by atoms with van der Waals surface area (Å²) in [6.07, 6.45) is 0. The number of hydrogen-bond acceptors (Lipinski definition) is 11. The second kappa shape index (κ2) is 13.3. The third-order valence-corrected chi connectivity index (χ3v) is 9.92. The third-order valence-electron chi connectivity index (χ3n) is 9.62. The van der Waals surface area contributed by atoms with Crippen molar-refractivity contribution >= 4 is 63.0 Å². The first-order valence-corrected chi connectivity index (χ1v) is 17.4. The van der Waals surface area contributed by atoms with Crippen LogP contribution < -0.4 is 14.2 Å². The van der Waals surface area contributed by atoms with Crippen molar-refractivity contribution in [1.82, 2.24) is 0 Å². The summed E-state index contributed by atoms with van der Waals surface area (Å²) in [6.45, 7) is 5.13. The van der Waals surface area contributed by atoms with Gasteiger partial charge in [-0.1, -0.05) is 66.2 Å². The van der Waals surface area contributed by atoms with Gasteiger partial charge in [0.1, 0.15) is 17.2 Å². The van der Waals surface area contributed by atoms with Crippen LogP contribution in [0.15, 0.2) is 91.0 Å². The van der Waals surface area contributed by atoms with Gasteiger partial charge in [0.05, 0.1) is 16.1 Å². The van der Waals surface area contributed by atoms with Crippen molar-refractivity contribution in [3.05, 3.63) is 129 Å². The van der Waals surface area contributed by atoms with E-state index >= 15 is 0 Å². The Kier molecular flexibility index (Phi) is 8.54. The molecule has 0 N–H and O–H groups in total. The SMILES string of the molecule is CC(=O)OCOC(=O)c1ccc2c(c1)C(=O)OC21c2cc(Cl)c(OC(C)=O)cc2Oc2cc(OC(C)=O)c(-c3c4ccccc4c(C)c4ccccc34)cc21. The molecule has 55 heavy (non-hydrogen) atoms. The van der Waals surface area contributed by atoms with E-state index in [9.17, 15) is 24.0 Å². The summed E-state index contributed by atoms with van der Waals surface area (Å²) in [7, 11) is 0. The van der Waals surface area contributed by atoms with Gasteiger partial charge in [0.15, 0.2) is 11.4 Å². The molecule has 6 aromatic rings. The molecule has 0 saturated carbocycles. The summed E-state index contributed by atoms with van der Waals surface area (Å²) >= 11 is 6.72. The van der Waals surface area contributed by atoms with Gasteiger partial charge in [-0.25, -0.2) is 9.59 Å². The molecule has 0 aliphatic carbocycles. The van der Waals surface area contributed by atoms with Gasteiger partial charge in [0.25, 0.3) is 0 Å². The second-order valence-corrected chi connectivity index (χ2v) is 13.4. The highest BCUT2D eigenvalue weighted by Crippen LogP contribution is 2.59. The average Bonchev–Trinajstić information content (AvgIpc) is 3.44. The first kappa shape index (κ1) is 35.3. The second-order valence-electron chi connectivity index (χ2n) is 13.0. The monoisotopic (exact) mass is 756 g/mol. The van der Waals surface area contributed by atoms with Crippen LogP contribution in [-0.2, 0) is 34.2 Å². The van der Waals surface area contributed by atoms with Crippen LogP contribution in [0.2, 0.25) is 5.02 Å². The van der Waals surface area contributed by atoms with E-state index < -0.39 is 42.2 Å². The van der Waals surface area contributed by atoms with E-state index in [1.807, 2.05) is 48.5 Å². The first-order chi connectivity index (χ1) is 26.4. The maximum atomic E-state index is 14.0. The van der Waals surface area contributed by atoms with Gasteiger partial charge in [-0.2, -0.15) is 0 Å². The molecule has 0 aromatic heterocycles. The van der Waals surface area contributed by atoms with E-state index in [2.05, 4.69) is 6.92 Å². The van der Waals surface area contributed by atoms with Gasteiger partial charge in [-0.05, 0) is 58.3 Å². The standard InChI is InChI=1S/C43H29ClO11/c1-21-26-9-5-7-11-28(26)40(29-12-8-6-10-27(21)29)31-16-33-37(18-36(31)52-23(3)46)54-38-19-39(53-24(4)47)35(44)17-34(38)43(33)32-14-13-25(15-30(32)42(49)55-43)41(48)51-20-50-22(2)45/h5-19H,20H2,1-4H3. The largest absolute Gasteiger partial charge is 0.456 e. The predicted molar refractivity (Wildman–Crippen MR) is 200 cm³/mol. The van der Waals surface area contributed by atoms with Crippen molar-refractivity contribution in [2.45, 2.75) is 33.3 Å². The number of carbonyl (C=O) groups excluding carboxylic acids is 5. The molecule has 2 aliphatic rings. The molecule has 0 bridgehead atoms. The highest BCUT2D eigenvalue weighted by Gasteiger charge is 2.54. The molecule has 2 heterocycles. The van der Waals surface area contributed by atoms with E-state index in [1.165, 1.54) is 45.0 Å². The van der Waals surface area contributed by atoms with Gasteiger partial charge in [0.2, 0.25) is 6.79 Å². The van der Waals surface area contributed by atoms with E-state index in [0.717, 1.165) is 32.7 Å². The van der Waals surface area contributed by atoms with Crippen molar-refractivity contribution in [1.29, 1.82) is 0 Å². The van der Waals surface area contributed by atoms with Crippen LogP contribution in [-0.4, -0.2) is 36.6 Å². The number of esters is 5. The number of carbonyl (C=O) groups is 5. The quantitative estimate of drug-likeness (QED) is 0.0697. The van der Waals surface area contributed by atoms with Crippen LogP contribution in [0.4, 0.5) is 0 Å². The number of rotatable bonds is 6. The fourth-order valence-corrected chi connectivity index (χ4v) is 7.63. The molecule has 1 spiro atoms. The Bertz CT molecular complexity index is 2640. The van der Waals surface area contributed by atoms with Crippen LogP contribution in [0, 0.1) is 6.92 Å². The summed E-state index contributed by atoms with van der Waals surface area (Å²) in [6, 6.07) is 26.4. The summed E-state index contributed by atoms with van der Waals surface area (Å²) in [4.78, 5) is 62.9. The fraction of sp³-hybridized carbons (Fsp3) is 0.140. The number of aryl methyl sites for hydroxylation is 1. The summed E-state index contributed by atoms with van der Waals surface area (Å²) < 4.78 is 34.0. The van der Waals surface area contributed by atoms with E-state index in [1.54, 1.807) is 18.2 Å². The Balaban J connectivity index is 1.43. The summed E-state index contributed by atoms with van der Waals surface area (Å²) in [5.74, 6) is -3.00. The number of benzene rings is 6. The third kappa shape index (κ3) is 5.80. The lowest BCUT2D eigenvalue weighted by molar-refractivity contribution is -0.149. The van der Waals surface area contributed by atoms with Gasteiger partial charge >= 0.3 is 29.8 Å². The zero-order valence-corrected chi connectivity index (χ0v) is 30.5. The molecule has 1 unspecified atom stereocenters. The van der Waals surface area contributed by atoms with Crippen LogP contribution in [0.25, 0.3) is 32.7 Å². The van der Waals surface area contributed by atoms with Gasteiger partial charge < -0.3 is 28.4 Å². The zero-order chi connectivity index (χ0) is 38.8. The molecular formula is C43H29ClO11. The van der Waals surface area contributed by atoms with Crippen molar-refractivity contribution in [2.75, 3.05) is 6.79 Å². The minimum atomic E-state index is -1.74. The summed E-state index contributed by atoms with van der Waals surface area (Å²) in [5.41, 5.74) is 1.61. The topological polar surface area (TPSA) is 141 Å². The molecule has 12 heteroatoms. The molecule has 6 aromatic carbocycles. The average molecular weight is 757 g/mol. The van der Waals surface area contributed by atoms with Crippen molar-refractivity contribution in [3.63, 3.8) is 0 Å². The first-order valence-electron chi connectivity index (χ1n) is 17.0. The molecular weight excluding hydrogens is 728 g/mol. The molecule has 8 rings (SSSR count). The smallest absolute Gasteiger partial charge is 0.341 e. The number of hydrogen-bond donors (Lipinski definition) is 0.